The molecule has 0 aliphatic heterocycles. The van der Waals surface area contributed by atoms with Crippen molar-refractivity contribution in [3.05, 3.63) is 52.5 Å². The van der Waals surface area contributed by atoms with Crippen LogP contribution in [0.3, 0.4) is 0 Å². The predicted molar refractivity (Wildman–Crippen MR) is 61.6 cm³/mol. The topological polar surface area (TPSA) is 51.5 Å². The van der Waals surface area contributed by atoms with Crippen molar-refractivity contribution in [1.29, 1.82) is 0 Å². The highest BCUT2D eigenvalue weighted by Crippen LogP contribution is 2.09. The summed E-state index contributed by atoms with van der Waals surface area (Å²) in [6.07, 6.45) is 4.75. The standard InChI is InChI=1S/C11H8N2O2S/c14-11(10-2-1-7-16-10)15-13-8-9-3-5-12-6-4-9/h1-8H/b13-8+. The van der Waals surface area contributed by atoms with Gasteiger partial charge in [0.15, 0.2) is 0 Å². The number of pyridine rings is 1. The van der Waals surface area contributed by atoms with Crippen molar-refractivity contribution in [3.8, 4) is 0 Å². The molecule has 0 unspecified atom stereocenters. The summed E-state index contributed by atoms with van der Waals surface area (Å²) in [4.78, 5) is 20.5. The van der Waals surface area contributed by atoms with Crippen molar-refractivity contribution < 1.29 is 9.63 Å². The van der Waals surface area contributed by atoms with Crippen LogP contribution >= 0.6 is 11.3 Å². The van der Waals surface area contributed by atoms with E-state index >= 15 is 0 Å². The molecule has 2 heterocycles. The molecule has 0 atom stereocenters. The van der Waals surface area contributed by atoms with Crippen LogP contribution in [0.1, 0.15) is 15.2 Å². The summed E-state index contributed by atoms with van der Waals surface area (Å²) >= 11 is 1.32. The van der Waals surface area contributed by atoms with Gasteiger partial charge in [0.25, 0.3) is 0 Å². The quantitative estimate of drug-likeness (QED) is 0.463. The fourth-order valence-electron chi connectivity index (χ4n) is 1.02. The average Bonchev–Trinajstić information content (AvgIpc) is 2.84. The van der Waals surface area contributed by atoms with Gasteiger partial charge in [0.2, 0.25) is 0 Å². The van der Waals surface area contributed by atoms with Gasteiger partial charge in [-0.2, -0.15) is 0 Å². The molecule has 0 N–H and O–H groups in total. The number of oxime groups is 1. The summed E-state index contributed by atoms with van der Waals surface area (Å²) in [7, 11) is 0. The molecule has 0 amide bonds. The molecule has 0 saturated heterocycles. The van der Waals surface area contributed by atoms with Gasteiger partial charge in [-0.1, -0.05) is 11.2 Å². The second-order valence-electron chi connectivity index (χ2n) is 2.87. The molecule has 0 aliphatic carbocycles. The van der Waals surface area contributed by atoms with Gasteiger partial charge in [-0.25, -0.2) is 4.79 Å². The largest absolute Gasteiger partial charge is 0.375 e. The molecule has 0 fully saturated rings. The van der Waals surface area contributed by atoms with Crippen molar-refractivity contribution in [2.75, 3.05) is 0 Å². The molecule has 2 rings (SSSR count). The summed E-state index contributed by atoms with van der Waals surface area (Å²) < 4.78 is 0. The Morgan fingerprint density at radius 2 is 2.19 bits per heavy atom. The van der Waals surface area contributed by atoms with E-state index in [0.29, 0.717) is 4.88 Å². The van der Waals surface area contributed by atoms with Gasteiger partial charge in [0.1, 0.15) is 4.88 Å². The number of hydrogen-bond acceptors (Lipinski definition) is 5. The van der Waals surface area contributed by atoms with Crippen LogP contribution < -0.4 is 0 Å². The lowest BCUT2D eigenvalue weighted by Crippen LogP contribution is -1.97. The molecule has 5 heteroatoms. The van der Waals surface area contributed by atoms with E-state index in [9.17, 15) is 4.79 Å². The van der Waals surface area contributed by atoms with Gasteiger partial charge in [-0.3, -0.25) is 4.98 Å². The van der Waals surface area contributed by atoms with Crippen LogP contribution in [0, 0.1) is 0 Å². The van der Waals surface area contributed by atoms with Gasteiger partial charge < -0.3 is 4.84 Å². The van der Waals surface area contributed by atoms with E-state index in [0.717, 1.165) is 5.56 Å². The zero-order valence-electron chi connectivity index (χ0n) is 8.24. The van der Waals surface area contributed by atoms with Crippen molar-refractivity contribution in [2.24, 2.45) is 5.16 Å². The lowest BCUT2D eigenvalue weighted by molar-refractivity contribution is 0.0525. The van der Waals surface area contributed by atoms with Crippen molar-refractivity contribution in [2.45, 2.75) is 0 Å². The molecule has 0 saturated carbocycles. The summed E-state index contributed by atoms with van der Waals surface area (Å²) in [6.45, 7) is 0. The maximum Gasteiger partial charge on any atom is 0.375 e. The van der Waals surface area contributed by atoms with Gasteiger partial charge >= 0.3 is 5.97 Å². The molecule has 2 aromatic heterocycles. The average molecular weight is 232 g/mol. The highest BCUT2D eigenvalue weighted by molar-refractivity contribution is 7.11. The Balaban J connectivity index is 1.93. The maximum absolute atomic E-state index is 11.4. The summed E-state index contributed by atoms with van der Waals surface area (Å²) in [5.41, 5.74) is 0.828. The molecule has 0 aromatic carbocycles. The monoisotopic (exact) mass is 232 g/mol. The Morgan fingerprint density at radius 1 is 1.38 bits per heavy atom. The molecule has 16 heavy (non-hydrogen) atoms. The van der Waals surface area contributed by atoms with Crippen molar-refractivity contribution in [1.82, 2.24) is 4.98 Å². The lowest BCUT2D eigenvalue weighted by Gasteiger charge is -1.93. The van der Waals surface area contributed by atoms with Gasteiger partial charge in [-0.05, 0) is 29.1 Å². The molecule has 0 spiro atoms. The molecular formula is C11H8N2O2S. The molecule has 2 aromatic rings. The van der Waals surface area contributed by atoms with Crippen molar-refractivity contribution >= 4 is 23.5 Å². The first-order valence-electron chi connectivity index (χ1n) is 4.54. The van der Waals surface area contributed by atoms with Gasteiger partial charge in [0.05, 0.1) is 6.21 Å². The third-order valence-electron chi connectivity index (χ3n) is 1.77. The molecule has 80 valence electrons. The zero-order valence-corrected chi connectivity index (χ0v) is 9.05. The molecular weight excluding hydrogens is 224 g/mol. The normalized spacial score (nSPS) is 10.5. The molecule has 0 radical (unpaired) electrons. The molecule has 0 bridgehead atoms. The summed E-state index contributed by atoms with van der Waals surface area (Å²) in [5, 5.41) is 5.41. The molecule has 4 nitrogen and oxygen atoms in total. The Kier molecular flexibility index (Phi) is 3.40. The van der Waals surface area contributed by atoms with Gasteiger partial charge in [0, 0.05) is 12.4 Å². The number of rotatable bonds is 3. The van der Waals surface area contributed by atoms with Gasteiger partial charge in [-0.15, -0.1) is 11.3 Å². The zero-order chi connectivity index (χ0) is 11.2. The van der Waals surface area contributed by atoms with Crippen LogP contribution in [-0.2, 0) is 4.84 Å². The molecule has 0 aliphatic rings. The highest BCUT2D eigenvalue weighted by atomic mass is 32.1. The van der Waals surface area contributed by atoms with E-state index in [4.69, 9.17) is 4.84 Å². The number of thiophene rings is 1. The number of carbonyl (C=O) groups excluding carboxylic acids is 1. The maximum atomic E-state index is 11.4. The third-order valence-corrected chi connectivity index (χ3v) is 2.62. The fraction of sp³-hybridized carbons (Fsp3) is 0. The first-order valence-corrected chi connectivity index (χ1v) is 5.42. The number of carbonyl (C=O) groups is 1. The third kappa shape index (κ3) is 2.74. The lowest BCUT2D eigenvalue weighted by atomic mass is 10.3. The van der Waals surface area contributed by atoms with E-state index in [-0.39, 0.29) is 0 Å². The minimum Gasteiger partial charge on any atom is -0.312 e. The Bertz CT molecular complexity index is 480. The van der Waals surface area contributed by atoms with Crippen LogP contribution in [0.15, 0.2) is 47.2 Å². The second kappa shape index (κ2) is 5.18. The first kappa shape index (κ1) is 10.5. The highest BCUT2D eigenvalue weighted by Gasteiger charge is 2.06. The first-order chi connectivity index (χ1) is 7.86. The van der Waals surface area contributed by atoms with Crippen LogP contribution in [0.25, 0.3) is 0 Å². The van der Waals surface area contributed by atoms with E-state index < -0.39 is 5.97 Å². The summed E-state index contributed by atoms with van der Waals surface area (Å²) in [5.74, 6) is -0.444. The number of hydrogen-bond donors (Lipinski definition) is 0. The van der Waals surface area contributed by atoms with E-state index in [1.54, 1.807) is 36.7 Å². The Hall–Kier alpha value is -2.01. The van der Waals surface area contributed by atoms with Crippen LogP contribution in [0.4, 0.5) is 0 Å². The van der Waals surface area contributed by atoms with Crippen LogP contribution in [0.2, 0.25) is 0 Å². The number of aromatic nitrogens is 1. The van der Waals surface area contributed by atoms with Crippen LogP contribution in [0.5, 0.6) is 0 Å². The fourth-order valence-corrected chi connectivity index (χ4v) is 1.62. The number of nitrogens with zero attached hydrogens (tertiary/aromatic N) is 2. The van der Waals surface area contributed by atoms with E-state index in [1.807, 2.05) is 5.38 Å². The van der Waals surface area contributed by atoms with Crippen LogP contribution in [-0.4, -0.2) is 17.2 Å². The van der Waals surface area contributed by atoms with E-state index in [1.165, 1.54) is 17.6 Å². The minimum absolute atomic E-state index is 0.444. The predicted octanol–water partition coefficient (Wildman–Crippen LogP) is 2.33. The smallest absolute Gasteiger partial charge is 0.312 e. The van der Waals surface area contributed by atoms with Crippen molar-refractivity contribution in [3.63, 3.8) is 0 Å². The SMILES string of the molecule is O=C(O/N=C/c1ccncc1)c1cccs1. The minimum atomic E-state index is -0.444. The summed E-state index contributed by atoms with van der Waals surface area (Å²) in [6, 6.07) is 7.01. The van der Waals surface area contributed by atoms with E-state index in [2.05, 4.69) is 10.1 Å². The second-order valence-corrected chi connectivity index (χ2v) is 3.82. The Morgan fingerprint density at radius 3 is 2.88 bits per heavy atom. The Labute approximate surface area is 96.2 Å².